The Hall–Kier alpha value is -1.85. The largest absolute Gasteiger partial charge is 0.497 e. The number of hydrogen-bond donors (Lipinski definition) is 1. The second kappa shape index (κ2) is 4.80. The first kappa shape index (κ1) is 12.6. The zero-order chi connectivity index (χ0) is 13.2. The van der Waals surface area contributed by atoms with Gasteiger partial charge in [0.05, 0.1) is 12.0 Å². The Morgan fingerprint density at radius 1 is 1.00 bits per heavy atom. The van der Waals surface area contributed by atoms with Gasteiger partial charge in [-0.3, -0.25) is 0 Å². The van der Waals surface area contributed by atoms with Crippen molar-refractivity contribution in [3.8, 4) is 16.9 Å². The normalized spacial score (nSPS) is 11.2. The summed E-state index contributed by atoms with van der Waals surface area (Å²) in [6, 6.07) is 13.8. The van der Waals surface area contributed by atoms with Crippen LogP contribution < -0.4 is 9.88 Å². The molecule has 0 aliphatic rings. The number of hydrogen-bond acceptors (Lipinski definition) is 3. The van der Waals surface area contributed by atoms with Crippen LogP contribution in [0.1, 0.15) is 0 Å². The van der Waals surface area contributed by atoms with Crippen LogP contribution in [-0.4, -0.2) is 15.5 Å². The van der Waals surface area contributed by atoms with Crippen LogP contribution in [0.4, 0.5) is 0 Å². The van der Waals surface area contributed by atoms with E-state index in [-0.39, 0.29) is 4.90 Å². The van der Waals surface area contributed by atoms with E-state index in [1.165, 1.54) is 6.07 Å². The molecule has 0 spiro atoms. The molecule has 0 heterocycles. The molecule has 4 nitrogen and oxygen atoms in total. The van der Waals surface area contributed by atoms with Crippen LogP contribution in [-0.2, 0) is 10.0 Å². The lowest BCUT2D eigenvalue weighted by Crippen LogP contribution is -2.13. The van der Waals surface area contributed by atoms with E-state index < -0.39 is 10.0 Å². The monoisotopic (exact) mass is 263 g/mol. The Morgan fingerprint density at radius 3 is 2.17 bits per heavy atom. The van der Waals surface area contributed by atoms with Crippen molar-refractivity contribution in [2.45, 2.75) is 4.90 Å². The van der Waals surface area contributed by atoms with Crippen LogP contribution in [0.5, 0.6) is 5.75 Å². The number of sulfonamides is 1. The number of nitrogens with two attached hydrogens (primary N) is 1. The summed E-state index contributed by atoms with van der Waals surface area (Å²) in [6.07, 6.45) is 0. The van der Waals surface area contributed by atoms with Crippen molar-refractivity contribution >= 4 is 10.0 Å². The van der Waals surface area contributed by atoms with Gasteiger partial charge in [-0.25, -0.2) is 13.6 Å². The summed E-state index contributed by atoms with van der Waals surface area (Å²) in [5.74, 6) is 0.715. The molecule has 0 atom stereocenters. The smallest absolute Gasteiger partial charge is 0.238 e. The molecule has 0 aliphatic heterocycles. The van der Waals surface area contributed by atoms with E-state index >= 15 is 0 Å². The summed E-state index contributed by atoms with van der Waals surface area (Å²) in [4.78, 5) is 0.121. The van der Waals surface area contributed by atoms with E-state index in [0.29, 0.717) is 11.3 Å². The molecule has 5 heteroatoms. The minimum absolute atomic E-state index is 0.121. The molecule has 0 radical (unpaired) electrons. The maximum atomic E-state index is 11.5. The Kier molecular flexibility index (Phi) is 3.36. The molecule has 0 unspecified atom stereocenters. The minimum Gasteiger partial charge on any atom is -0.497 e. The zero-order valence-corrected chi connectivity index (χ0v) is 10.6. The van der Waals surface area contributed by atoms with Gasteiger partial charge in [-0.2, -0.15) is 0 Å². The molecular weight excluding hydrogens is 250 g/mol. The average molecular weight is 263 g/mol. The standard InChI is InChI=1S/C13H13NO3S/c1-17-11-8-6-10(7-9-11)12-4-2-3-5-13(12)18(14,15)16/h2-9H,1H3,(H2,14,15,16). The van der Waals surface area contributed by atoms with Crippen LogP contribution in [0.3, 0.4) is 0 Å². The molecule has 0 saturated heterocycles. The Labute approximate surface area is 106 Å². The lowest BCUT2D eigenvalue weighted by Gasteiger charge is -2.08. The minimum atomic E-state index is -3.73. The van der Waals surface area contributed by atoms with Crippen molar-refractivity contribution in [2.24, 2.45) is 5.14 Å². The van der Waals surface area contributed by atoms with Gasteiger partial charge in [0, 0.05) is 5.56 Å². The fourth-order valence-electron chi connectivity index (χ4n) is 1.72. The summed E-state index contributed by atoms with van der Waals surface area (Å²) in [7, 11) is -2.15. The summed E-state index contributed by atoms with van der Waals surface area (Å²) in [5, 5.41) is 5.20. The van der Waals surface area contributed by atoms with E-state index in [4.69, 9.17) is 9.88 Å². The second-order valence-electron chi connectivity index (χ2n) is 3.77. The lowest BCUT2D eigenvalue weighted by molar-refractivity contribution is 0.415. The fourth-order valence-corrected chi connectivity index (χ4v) is 2.48. The van der Waals surface area contributed by atoms with E-state index in [0.717, 1.165) is 5.56 Å². The van der Waals surface area contributed by atoms with Crippen molar-refractivity contribution < 1.29 is 13.2 Å². The first-order valence-corrected chi connectivity index (χ1v) is 6.83. The Bertz CT molecular complexity index is 648. The molecule has 2 aromatic carbocycles. The molecule has 0 saturated carbocycles. The molecule has 2 aromatic rings. The van der Waals surface area contributed by atoms with Crippen LogP contribution >= 0.6 is 0 Å². The highest BCUT2D eigenvalue weighted by atomic mass is 32.2. The van der Waals surface area contributed by atoms with Crippen molar-refractivity contribution in [1.29, 1.82) is 0 Å². The van der Waals surface area contributed by atoms with E-state index in [1.54, 1.807) is 49.6 Å². The van der Waals surface area contributed by atoms with Gasteiger partial charge in [-0.1, -0.05) is 30.3 Å². The van der Waals surface area contributed by atoms with E-state index in [1.807, 2.05) is 0 Å². The van der Waals surface area contributed by atoms with Gasteiger partial charge in [0.1, 0.15) is 5.75 Å². The van der Waals surface area contributed by atoms with E-state index in [9.17, 15) is 8.42 Å². The second-order valence-corrected chi connectivity index (χ2v) is 5.30. The first-order valence-electron chi connectivity index (χ1n) is 5.28. The van der Waals surface area contributed by atoms with Crippen molar-refractivity contribution in [3.63, 3.8) is 0 Å². The number of rotatable bonds is 3. The summed E-state index contributed by atoms with van der Waals surface area (Å²) in [6.45, 7) is 0. The fraction of sp³-hybridized carbons (Fsp3) is 0.0769. The number of benzene rings is 2. The Morgan fingerprint density at radius 2 is 1.61 bits per heavy atom. The molecule has 0 bridgehead atoms. The first-order chi connectivity index (χ1) is 8.52. The van der Waals surface area contributed by atoms with Crippen LogP contribution in [0.2, 0.25) is 0 Å². The predicted molar refractivity (Wildman–Crippen MR) is 69.8 cm³/mol. The van der Waals surface area contributed by atoms with Gasteiger partial charge in [0.25, 0.3) is 0 Å². The van der Waals surface area contributed by atoms with Crippen molar-refractivity contribution in [3.05, 3.63) is 48.5 Å². The highest BCUT2D eigenvalue weighted by molar-refractivity contribution is 7.89. The molecule has 94 valence electrons. The number of ether oxygens (including phenoxy) is 1. The maximum absolute atomic E-state index is 11.5. The molecular formula is C13H13NO3S. The third-order valence-corrected chi connectivity index (χ3v) is 3.56. The Balaban J connectivity index is 2.57. The van der Waals surface area contributed by atoms with Crippen molar-refractivity contribution in [2.75, 3.05) is 7.11 Å². The molecule has 0 aliphatic carbocycles. The number of primary sulfonamides is 1. The van der Waals surface area contributed by atoms with Gasteiger partial charge in [0.15, 0.2) is 0 Å². The van der Waals surface area contributed by atoms with Crippen LogP contribution in [0.25, 0.3) is 11.1 Å². The van der Waals surface area contributed by atoms with Crippen LogP contribution in [0, 0.1) is 0 Å². The SMILES string of the molecule is COc1ccc(-c2ccccc2S(N)(=O)=O)cc1. The van der Waals surface area contributed by atoms with Gasteiger partial charge >= 0.3 is 0 Å². The topological polar surface area (TPSA) is 69.4 Å². The molecule has 0 amide bonds. The highest BCUT2D eigenvalue weighted by Crippen LogP contribution is 2.27. The molecule has 0 aromatic heterocycles. The van der Waals surface area contributed by atoms with E-state index in [2.05, 4.69) is 0 Å². The summed E-state index contributed by atoms with van der Waals surface area (Å²) in [5.41, 5.74) is 1.36. The molecule has 0 fully saturated rings. The predicted octanol–water partition coefficient (Wildman–Crippen LogP) is 2.01. The number of methoxy groups -OCH3 is 1. The summed E-state index contributed by atoms with van der Waals surface area (Å²) >= 11 is 0. The molecule has 18 heavy (non-hydrogen) atoms. The maximum Gasteiger partial charge on any atom is 0.238 e. The van der Waals surface area contributed by atoms with Crippen molar-refractivity contribution in [1.82, 2.24) is 0 Å². The van der Waals surface area contributed by atoms with Gasteiger partial charge < -0.3 is 4.74 Å². The third-order valence-electron chi connectivity index (χ3n) is 2.59. The van der Waals surface area contributed by atoms with Crippen LogP contribution in [0.15, 0.2) is 53.4 Å². The molecule has 2 rings (SSSR count). The summed E-state index contributed by atoms with van der Waals surface area (Å²) < 4.78 is 28.1. The van der Waals surface area contributed by atoms with Gasteiger partial charge in [-0.15, -0.1) is 0 Å². The van der Waals surface area contributed by atoms with Gasteiger partial charge in [-0.05, 0) is 23.8 Å². The average Bonchev–Trinajstić information content (AvgIpc) is 2.38. The third kappa shape index (κ3) is 2.52. The molecule has 2 N–H and O–H groups in total. The quantitative estimate of drug-likeness (QED) is 0.921. The highest BCUT2D eigenvalue weighted by Gasteiger charge is 2.14. The van der Waals surface area contributed by atoms with Gasteiger partial charge in [0.2, 0.25) is 10.0 Å². The zero-order valence-electron chi connectivity index (χ0n) is 9.83. The lowest BCUT2D eigenvalue weighted by atomic mass is 10.1.